The van der Waals surface area contributed by atoms with E-state index < -0.39 is 6.10 Å². The molecule has 0 bridgehead atoms. The molecule has 3 aromatic rings. The van der Waals surface area contributed by atoms with Crippen LogP contribution in [0, 0.1) is 0 Å². The van der Waals surface area contributed by atoms with Crippen LogP contribution in [0.15, 0.2) is 78.9 Å². The highest BCUT2D eigenvalue weighted by molar-refractivity contribution is 6.30. The van der Waals surface area contributed by atoms with E-state index in [9.17, 15) is 4.79 Å². The van der Waals surface area contributed by atoms with E-state index in [1.165, 1.54) is 11.1 Å². The molecule has 1 amide bonds. The molecule has 1 saturated heterocycles. The number of carbonyl (C=O) groups is 1. The summed E-state index contributed by atoms with van der Waals surface area (Å²) in [5, 5.41) is 0.729. The highest BCUT2D eigenvalue weighted by atomic mass is 35.5. The summed E-state index contributed by atoms with van der Waals surface area (Å²) in [6, 6.07) is 26.1. The van der Waals surface area contributed by atoms with Crippen LogP contribution in [0.3, 0.4) is 0 Å². The van der Waals surface area contributed by atoms with Crippen molar-refractivity contribution < 1.29 is 14.3 Å². The third-order valence-electron chi connectivity index (χ3n) is 6.08. The SMILES string of the molecule is O=C(C1COc2ccccc2O1)N1CCN(C(c2ccccc2)c2ccc(Cl)cc2)CC1. The van der Waals surface area contributed by atoms with Crippen LogP contribution in [-0.2, 0) is 4.79 Å². The zero-order chi connectivity index (χ0) is 21.9. The lowest BCUT2D eigenvalue weighted by atomic mass is 9.96. The Morgan fingerprint density at radius 1 is 0.812 bits per heavy atom. The standard InChI is InChI=1S/C26H25ClN2O3/c27-21-12-10-20(11-13-21)25(19-6-2-1-3-7-19)28-14-16-29(17-15-28)26(30)24-18-31-22-8-4-5-9-23(22)32-24/h1-13,24-25H,14-18H2. The van der Waals surface area contributed by atoms with Crippen molar-refractivity contribution in [2.75, 3.05) is 32.8 Å². The lowest BCUT2D eigenvalue weighted by Gasteiger charge is -2.41. The Labute approximate surface area is 193 Å². The number of amides is 1. The Bertz CT molecular complexity index is 1070. The number of fused-ring (bicyclic) bond motifs is 1. The molecule has 1 fully saturated rings. The number of carbonyl (C=O) groups excluding carboxylic acids is 1. The van der Waals surface area contributed by atoms with Crippen LogP contribution in [0.4, 0.5) is 0 Å². The van der Waals surface area contributed by atoms with Gasteiger partial charge in [0, 0.05) is 31.2 Å². The molecule has 0 radical (unpaired) electrons. The first kappa shape index (κ1) is 20.9. The van der Waals surface area contributed by atoms with Gasteiger partial charge in [0.15, 0.2) is 11.5 Å². The normalized spacial score (nSPS) is 19.4. The average Bonchev–Trinajstić information content (AvgIpc) is 2.86. The van der Waals surface area contributed by atoms with Gasteiger partial charge in [0.25, 0.3) is 5.91 Å². The molecule has 2 atom stereocenters. The highest BCUT2D eigenvalue weighted by Crippen LogP contribution is 2.33. The van der Waals surface area contributed by atoms with Crippen molar-refractivity contribution >= 4 is 17.5 Å². The molecule has 0 aromatic heterocycles. The van der Waals surface area contributed by atoms with Gasteiger partial charge < -0.3 is 14.4 Å². The largest absolute Gasteiger partial charge is 0.485 e. The Kier molecular flexibility index (Phi) is 6.02. The summed E-state index contributed by atoms with van der Waals surface area (Å²) in [4.78, 5) is 17.4. The van der Waals surface area contributed by atoms with E-state index in [1.807, 2.05) is 47.4 Å². The molecule has 3 aromatic carbocycles. The average molecular weight is 449 g/mol. The maximum absolute atomic E-state index is 13.1. The van der Waals surface area contributed by atoms with Gasteiger partial charge in [-0.25, -0.2) is 0 Å². The topological polar surface area (TPSA) is 42.0 Å². The molecule has 32 heavy (non-hydrogen) atoms. The van der Waals surface area contributed by atoms with Gasteiger partial charge in [-0.05, 0) is 35.4 Å². The van der Waals surface area contributed by atoms with Crippen molar-refractivity contribution in [1.29, 1.82) is 0 Å². The van der Waals surface area contributed by atoms with Crippen molar-refractivity contribution in [2.24, 2.45) is 0 Å². The van der Waals surface area contributed by atoms with Crippen molar-refractivity contribution in [1.82, 2.24) is 9.80 Å². The van der Waals surface area contributed by atoms with E-state index in [4.69, 9.17) is 21.1 Å². The number of ether oxygens (including phenoxy) is 2. The van der Waals surface area contributed by atoms with Crippen LogP contribution >= 0.6 is 11.6 Å². The van der Waals surface area contributed by atoms with Gasteiger partial charge in [0.2, 0.25) is 6.10 Å². The van der Waals surface area contributed by atoms with Crippen molar-refractivity contribution in [2.45, 2.75) is 12.1 Å². The van der Waals surface area contributed by atoms with E-state index in [0.29, 0.717) is 24.6 Å². The first-order chi connectivity index (χ1) is 15.7. The van der Waals surface area contributed by atoms with Crippen LogP contribution in [0.2, 0.25) is 5.02 Å². The fraction of sp³-hybridized carbons (Fsp3) is 0.269. The second-order valence-electron chi connectivity index (χ2n) is 8.09. The Hall–Kier alpha value is -3.02. The summed E-state index contributed by atoms with van der Waals surface area (Å²) >= 11 is 6.13. The number of piperazine rings is 1. The van der Waals surface area contributed by atoms with Gasteiger partial charge in [-0.1, -0.05) is 66.2 Å². The molecule has 0 aliphatic carbocycles. The van der Waals surface area contributed by atoms with Crippen molar-refractivity contribution in [3.63, 3.8) is 0 Å². The van der Waals surface area contributed by atoms with E-state index in [1.54, 1.807) is 0 Å². The zero-order valence-corrected chi connectivity index (χ0v) is 18.4. The summed E-state index contributed by atoms with van der Waals surface area (Å²) in [6.07, 6.45) is -0.599. The number of para-hydroxylation sites is 2. The van der Waals surface area contributed by atoms with E-state index in [-0.39, 0.29) is 18.6 Å². The Balaban J connectivity index is 1.28. The van der Waals surface area contributed by atoms with Crippen molar-refractivity contribution in [3.8, 4) is 11.5 Å². The highest BCUT2D eigenvalue weighted by Gasteiger charge is 2.34. The number of hydrogen-bond acceptors (Lipinski definition) is 4. The Morgan fingerprint density at radius 2 is 1.44 bits per heavy atom. The quantitative estimate of drug-likeness (QED) is 0.592. The molecule has 2 unspecified atom stereocenters. The molecule has 2 aliphatic heterocycles. The summed E-state index contributed by atoms with van der Waals surface area (Å²) < 4.78 is 11.7. The number of nitrogens with zero attached hydrogens (tertiary/aromatic N) is 2. The minimum Gasteiger partial charge on any atom is -0.485 e. The van der Waals surface area contributed by atoms with Gasteiger partial charge in [0.05, 0.1) is 6.04 Å². The molecule has 0 saturated carbocycles. The van der Waals surface area contributed by atoms with E-state index >= 15 is 0 Å². The summed E-state index contributed by atoms with van der Waals surface area (Å²) in [5.74, 6) is 1.31. The van der Waals surface area contributed by atoms with Crippen LogP contribution in [-0.4, -0.2) is 54.6 Å². The van der Waals surface area contributed by atoms with Crippen LogP contribution in [0.1, 0.15) is 17.2 Å². The molecule has 0 N–H and O–H groups in total. The molecule has 6 heteroatoms. The molecular weight excluding hydrogens is 424 g/mol. The smallest absolute Gasteiger partial charge is 0.267 e. The first-order valence-electron chi connectivity index (χ1n) is 10.9. The molecule has 0 spiro atoms. The maximum Gasteiger partial charge on any atom is 0.267 e. The number of benzene rings is 3. The predicted octanol–water partition coefficient (Wildman–Crippen LogP) is 4.41. The van der Waals surface area contributed by atoms with E-state index in [2.05, 4.69) is 41.3 Å². The second kappa shape index (κ2) is 9.23. The van der Waals surface area contributed by atoms with Crippen LogP contribution in [0.5, 0.6) is 11.5 Å². The van der Waals surface area contributed by atoms with Gasteiger partial charge in [-0.2, -0.15) is 0 Å². The first-order valence-corrected chi connectivity index (χ1v) is 11.3. The number of rotatable bonds is 4. The van der Waals surface area contributed by atoms with Crippen LogP contribution in [0.25, 0.3) is 0 Å². The zero-order valence-electron chi connectivity index (χ0n) is 17.7. The van der Waals surface area contributed by atoms with E-state index in [0.717, 1.165) is 18.1 Å². The summed E-state index contributed by atoms with van der Waals surface area (Å²) in [6.45, 7) is 3.10. The molecule has 5 nitrogen and oxygen atoms in total. The van der Waals surface area contributed by atoms with Crippen molar-refractivity contribution in [3.05, 3.63) is 95.0 Å². The predicted molar refractivity (Wildman–Crippen MR) is 124 cm³/mol. The number of hydrogen-bond donors (Lipinski definition) is 0. The van der Waals surface area contributed by atoms with Gasteiger partial charge >= 0.3 is 0 Å². The maximum atomic E-state index is 13.1. The van der Waals surface area contributed by atoms with Crippen LogP contribution < -0.4 is 9.47 Å². The minimum atomic E-state index is -0.599. The van der Waals surface area contributed by atoms with Gasteiger partial charge in [0.1, 0.15) is 6.61 Å². The molecular formula is C26H25ClN2O3. The van der Waals surface area contributed by atoms with Gasteiger partial charge in [-0.3, -0.25) is 9.69 Å². The minimum absolute atomic E-state index is 0.0121. The lowest BCUT2D eigenvalue weighted by Crippen LogP contribution is -2.54. The third-order valence-corrected chi connectivity index (χ3v) is 6.33. The summed E-state index contributed by atoms with van der Waals surface area (Å²) in [7, 11) is 0. The summed E-state index contributed by atoms with van der Waals surface area (Å²) in [5.41, 5.74) is 2.43. The number of halogens is 1. The second-order valence-corrected chi connectivity index (χ2v) is 8.53. The third kappa shape index (κ3) is 4.31. The van der Waals surface area contributed by atoms with Gasteiger partial charge in [-0.15, -0.1) is 0 Å². The fourth-order valence-electron chi connectivity index (χ4n) is 4.44. The monoisotopic (exact) mass is 448 g/mol. The molecule has 5 rings (SSSR count). The molecule has 2 aliphatic rings. The molecule has 2 heterocycles. The molecule has 164 valence electrons. The Morgan fingerprint density at radius 3 is 2.16 bits per heavy atom. The lowest BCUT2D eigenvalue weighted by molar-refractivity contribution is -0.143. The fourth-order valence-corrected chi connectivity index (χ4v) is 4.57.